The van der Waals surface area contributed by atoms with E-state index in [4.69, 9.17) is 5.11 Å². The predicted molar refractivity (Wildman–Crippen MR) is 48.1 cm³/mol. The first-order chi connectivity index (χ1) is 5.39. The van der Waals surface area contributed by atoms with Gasteiger partial charge < -0.3 is 5.11 Å². The van der Waals surface area contributed by atoms with Crippen LogP contribution in [-0.4, -0.2) is 10.1 Å². The van der Waals surface area contributed by atoms with Gasteiger partial charge >= 0.3 is 0 Å². The van der Waals surface area contributed by atoms with Crippen molar-refractivity contribution >= 4 is 22.7 Å². The highest BCUT2D eigenvalue weighted by Crippen LogP contribution is 2.14. The summed E-state index contributed by atoms with van der Waals surface area (Å²) in [6, 6.07) is 3.46. The van der Waals surface area contributed by atoms with Crippen LogP contribution in [0.4, 0.5) is 0 Å². The Morgan fingerprint density at radius 1 is 1.36 bits per heavy atom. The SMILES string of the molecule is Oc1cccs1.c1cscn1. The van der Waals surface area contributed by atoms with E-state index < -0.39 is 0 Å². The van der Waals surface area contributed by atoms with E-state index in [0.29, 0.717) is 5.06 Å². The van der Waals surface area contributed by atoms with E-state index in [1.807, 2.05) is 10.8 Å². The predicted octanol–water partition coefficient (Wildman–Crippen LogP) is 2.60. The molecule has 2 heterocycles. The molecule has 0 saturated carbocycles. The van der Waals surface area contributed by atoms with Gasteiger partial charge in [-0.15, -0.1) is 22.7 Å². The molecule has 2 aromatic rings. The van der Waals surface area contributed by atoms with Crippen LogP contribution in [0.5, 0.6) is 5.06 Å². The van der Waals surface area contributed by atoms with Crippen LogP contribution in [0, 0.1) is 0 Å². The maximum atomic E-state index is 8.49. The summed E-state index contributed by atoms with van der Waals surface area (Å²) in [5.41, 5.74) is 1.79. The summed E-state index contributed by atoms with van der Waals surface area (Å²) in [4.78, 5) is 3.74. The summed E-state index contributed by atoms with van der Waals surface area (Å²) in [6.45, 7) is 0. The molecule has 0 radical (unpaired) electrons. The number of hydrogen-bond acceptors (Lipinski definition) is 4. The summed E-state index contributed by atoms with van der Waals surface area (Å²) in [5.74, 6) is 0. The molecule has 0 aliphatic carbocycles. The average molecular weight is 185 g/mol. The van der Waals surface area contributed by atoms with Crippen LogP contribution in [0.3, 0.4) is 0 Å². The first kappa shape index (κ1) is 8.23. The van der Waals surface area contributed by atoms with Crippen LogP contribution in [0.25, 0.3) is 0 Å². The minimum Gasteiger partial charge on any atom is -0.499 e. The third-order valence-electron chi connectivity index (χ3n) is 0.853. The lowest BCUT2D eigenvalue weighted by atomic mass is 10.7. The standard InChI is InChI=1S/C4H4OS.C3H3NS/c5-4-2-1-3-6-4;1-2-5-3-4-1/h1-3,5H;1-3H. The molecule has 0 amide bonds. The zero-order valence-corrected chi connectivity index (χ0v) is 7.31. The van der Waals surface area contributed by atoms with E-state index in [1.54, 1.807) is 35.2 Å². The van der Waals surface area contributed by atoms with Gasteiger partial charge in [-0.05, 0) is 17.5 Å². The van der Waals surface area contributed by atoms with Gasteiger partial charge in [-0.2, -0.15) is 0 Å². The van der Waals surface area contributed by atoms with Crippen LogP contribution < -0.4 is 0 Å². The van der Waals surface area contributed by atoms with Gasteiger partial charge in [-0.3, -0.25) is 4.98 Å². The second-order valence-corrected chi connectivity index (χ2v) is 3.31. The van der Waals surface area contributed by atoms with Crippen LogP contribution in [0.15, 0.2) is 34.6 Å². The molecule has 0 fully saturated rings. The third kappa shape index (κ3) is 3.75. The fourth-order valence-electron chi connectivity index (χ4n) is 0.446. The van der Waals surface area contributed by atoms with Gasteiger partial charge in [0.2, 0.25) is 0 Å². The number of aromatic hydroxyl groups is 1. The minimum atomic E-state index is 0.384. The van der Waals surface area contributed by atoms with Crippen molar-refractivity contribution in [1.82, 2.24) is 4.98 Å². The van der Waals surface area contributed by atoms with Gasteiger partial charge in [-0.25, -0.2) is 0 Å². The molecule has 0 aliphatic rings. The molecule has 0 unspecified atom stereocenters. The molecule has 4 heteroatoms. The second-order valence-electron chi connectivity index (χ2n) is 1.63. The Hall–Kier alpha value is -0.870. The molecule has 0 atom stereocenters. The molecule has 11 heavy (non-hydrogen) atoms. The zero-order valence-electron chi connectivity index (χ0n) is 5.68. The zero-order chi connectivity index (χ0) is 7.94. The molecule has 0 aliphatic heterocycles. The molecule has 1 N–H and O–H groups in total. The number of nitrogens with zero attached hydrogens (tertiary/aromatic N) is 1. The van der Waals surface area contributed by atoms with E-state index in [2.05, 4.69) is 4.98 Å². The maximum Gasteiger partial charge on any atom is 0.171 e. The van der Waals surface area contributed by atoms with Gasteiger partial charge in [0, 0.05) is 11.6 Å². The van der Waals surface area contributed by atoms with Crippen molar-refractivity contribution in [2.24, 2.45) is 0 Å². The lowest BCUT2D eigenvalue weighted by Crippen LogP contribution is -1.38. The van der Waals surface area contributed by atoms with Crippen molar-refractivity contribution in [3.63, 3.8) is 0 Å². The van der Waals surface area contributed by atoms with Crippen molar-refractivity contribution in [3.05, 3.63) is 34.6 Å². The van der Waals surface area contributed by atoms with Crippen molar-refractivity contribution in [1.29, 1.82) is 0 Å². The summed E-state index contributed by atoms with van der Waals surface area (Å²) in [6.07, 6.45) is 1.77. The van der Waals surface area contributed by atoms with Crippen molar-refractivity contribution in [2.45, 2.75) is 0 Å². The van der Waals surface area contributed by atoms with E-state index in [1.165, 1.54) is 11.3 Å². The van der Waals surface area contributed by atoms with Gasteiger partial charge in [0.05, 0.1) is 5.51 Å². The van der Waals surface area contributed by atoms with Crippen LogP contribution >= 0.6 is 22.7 Å². The van der Waals surface area contributed by atoms with Crippen molar-refractivity contribution in [3.8, 4) is 5.06 Å². The fourth-order valence-corrected chi connectivity index (χ4v) is 1.25. The monoisotopic (exact) mass is 185 g/mol. The molecule has 2 aromatic heterocycles. The highest BCUT2D eigenvalue weighted by molar-refractivity contribution is 7.11. The molecule has 2 nitrogen and oxygen atoms in total. The number of thiazole rings is 1. The Bertz CT molecular complexity index is 235. The lowest BCUT2D eigenvalue weighted by molar-refractivity contribution is 0.491. The topological polar surface area (TPSA) is 33.1 Å². The Morgan fingerprint density at radius 2 is 2.27 bits per heavy atom. The van der Waals surface area contributed by atoms with Crippen molar-refractivity contribution < 1.29 is 5.11 Å². The first-order valence-electron chi connectivity index (χ1n) is 2.94. The Labute approximate surface area is 72.8 Å². The fraction of sp³-hybridized carbons (Fsp3) is 0. The van der Waals surface area contributed by atoms with E-state index in [0.717, 1.165) is 0 Å². The summed E-state index contributed by atoms with van der Waals surface area (Å²) < 4.78 is 0. The quantitative estimate of drug-likeness (QED) is 0.684. The number of hydrogen-bond donors (Lipinski definition) is 1. The molecule has 0 bridgehead atoms. The maximum absolute atomic E-state index is 8.49. The summed E-state index contributed by atoms with van der Waals surface area (Å²) in [5, 5.41) is 12.6. The van der Waals surface area contributed by atoms with Gasteiger partial charge in [-0.1, -0.05) is 0 Å². The summed E-state index contributed by atoms with van der Waals surface area (Å²) in [7, 11) is 0. The molecule has 0 spiro atoms. The highest BCUT2D eigenvalue weighted by atomic mass is 32.1. The van der Waals surface area contributed by atoms with E-state index >= 15 is 0 Å². The number of aromatic nitrogens is 1. The average Bonchev–Trinajstić information content (AvgIpc) is 2.57. The third-order valence-corrected chi connectivity index (χ3v) is 2.05. The van der Waals surface area contributed by atoms with Gasteiger partial charge in [0.1, 0.15) is 0 Å². The molecular formula is C7H7NOS2. The van der Waals surface area contributed by atoms with Crippen LogP contribution in [-0.2, 0) is 0 Å². The Balaban J connectivity index is 0.000000112. The smallest absolute Gasteiger partial charge is 0.171 e. The minimum absolute atomic E-state index is 0.384. The van der Waals surface area contributed by atoms with Gasteiger partial charge in [0.15, 0.2) is 5.06 Å². The Kier molecular flexibility index (Phi) is 3.64. The van der Waals surface area contributed by atoms with E-state index in [-0.39, 0.29) is 0 Å². The molecule has 58 valence electrons. The highest BCUT2D eigenvalue weighted by Gasteiger charge is 1.77. The second kappa shape index (κ2) is 4.87. The number of thiophene rings is 1. The largest absolute Gasteiger partial charge is 0.499 e. The van der Waals surface area contributed by atoms with Crippen LogP contribution in [0.1, 0.15) is 0 Å². The molecule has 0 aromatic carbocycles. The number of rotatable bonds is 0. The Morgan fingerprint density at radius 3 is 2.45 bits per heavy atom. The normalized spacial score (nSPS) is 8.36. The molecular weight excluding hydrogens is 178 g/mol. The van der Waals surface area contributed by atoms with Crippen LogP contribution in [0.2, 0.25) is 0 Å². The van der Waals surface area contributed by atoms with Gasteiger partial charge in [0.25, 0.3) is 0 Å². The lowest BCUT2D eigenvalue weighted by Gasteiger charge is -1.67. The summed E-state index contributed by atoms with van der Waals surface area (Å²) >= 11 is 2.94. The van der Waals surface area contributed by atoms with Crippen molar-refractivity contribution in [2.75, 3.05) is 0 Å². The molecule has 2 rings (SSSR count). The van der Waals surface area contributed by atoms with E-state index in [9.17, 15) is 0 Å². The molecule has 0 saturated heterocycles. The first-order valence-corrected chi connectivity index (χ1v) is 4.76.